The molecule has 3 nitrogen and oxygen atoms in total. The maximum Gasteiger partial charge on any atom is 0.335 e. The summed E-state index contributed by atoms with van der Waals surface area (Å²) in [6, 6.07) is 0. The molecule has 0 spiro atoms. The van der Waals surface area contributed by atoms with E-state index >= 15 is 0 Å². The van der Waals surface area contributed by atoms with Gasteiger partial charge in [0.15, 0.2) is 5.78 Å². The quantitative estimate of drug-likeness (QED) is 0.665. The summed E-state index contributed by atoms with van der Waals surface area (Å²) in [5.41, 5.74) is 0.344. The Balaban J connectivity index is 2.85. The Hall–Kier alpha value is -0.830. The van der Waals surface area contributed by atoms with Crippen LogP contribution in [-0.4, -0.2) is 18.4 Å². The fourth-order valence-electron chi connectivity index (χ4n) is 1.38. The molecule has 0 bridgehead atoms. The smallest absolute Gasteiger partial charge is 0.335 e. The van der Waals surface area contributed by atoms with E-state index in [1.54, 1.807) is 6.92 Å². The average molecular weight is 217 g/mol. The summed E-state index contributed by atoms with van der Waals surface area (Å²) in [5, 5.41) is 0.0703. The summed E-state index contributed by atoms with van der Waals surface area (Å²) >= 11 is 5.80. The van der Waals surface area contributed by atoms with Crippen LogP contribution in [0.2, 0.25) is 0 Å². The molecular formula is C10H13ClO3. The predicted molar refractivity (Wildman–Crippen MR) is 53.0 cm³/mol. The third kappa shape index (κ3) is 2.58. The lowest BCUT2D eigenvalue weighted by Gasteiger charge is -2.05. The third-order valence-electron chi connectivity index (χ3n) is 2.11. The highest BCUT2D eigenvalue weighted by Crippen LogP contribution is 2.24. The maximum atomic E-state index is 11.4. The number of rotatable bonds is 2. The summed E-state index contributed by atoms with van der Waals surface area (Å²) in [5.74, 6) is -0.597. The molecule has 1 aliphatic carbocycles. The zero-order valence-electron chi connectivity index (χ0n) is 8.14. The normalized spacial score (nSPS) is 18.0. The second-order valence-corrected chi connectivity index (χ2v) is 3.52. The largest absolute Gasteiger partial charge is 0.463 e. The van der Waals surface area contributed by atoms with Gasteiger partial charge in [-0.25, -0.2) is 4.79 Å². The van der Waals surface area contributed by atoms with Gasteiger partial charge < -0.3 is 4.74 Å². The average Bonchev–Trinajstić information content (AvgIpc) is 2.31. The minimum Gasteiger partial charge on any atom is -0.463 e. The Morgan fingerprint density at radius 2 is 2.07 bits per heavy atom. The van der Waals surface area contributed by atoms with Crippen molar-refractivity contribution in [2.75, 3.05) is 6.61 Å². The van der Waals surface area contributed by atoms with E-state index in [9.17, 15) is 9.59 Å². The van der Waals surface area contributed by atoms with Crippen molar-refractivity contribution in [1.82, 2.24) is 0 Å². The number of carbonyl (C=O) groups is 2. The van der Waals surface area contributed by atoms with Crippen molar-refractivity contribution in [1.29, 1.82) is 0 Å². The third-order valence-corrected chi connectivity index (χ3v) is 2.55. The molecule has 0 aromatic heterocycles. The van der Waals surface area contributed by atoms with E-state index in [1.807, 2.05) is 0 Å². The van der Waals surface area contributed by atoms with Gasteiger partial charge in [0.1, 0.15) is 0 Å². The molecule has 0 aromatic rings. The van der Waals surface area contributed by atoms with E-state index in [-0.39, 0.29) is 10.8 Å². The number of esters is 1. The zero-order valence-corrected chi connectivity index (χ0v) is 8.89. The van der Waals surface area contributed by atoms with Gasteiger partial charge in [0.05, 0.1) is 17.2 Å². The molecule has 14 heavy (non-hydrogen) atoms. The minimum absolute atomic E-state index is 0.0703. The Morgan fingerprint density at radius 1 is 1.43 bits per heavy atom. The SMILES string of the molecule is CCOC(=O)C1=C(Cl)C(=O)CCCC1. The van der Waals surface area contributed by atoms with Gasteiger partial charge in [0, 0.05) is 6.42 Å². The minimum atomic E-state index is -0.451. The fraction of sp³-hybridized carbons (Fsp3) is 0.600. The summed E-state index contributed by atoms with van der Waals surface area (Å²) in [6.07, 6.45) is 2.58. The Bertz CT molecular complexity index is 281. The topological polar surface area (TPSA) is 43.4 Å². The first-order chi connectivity index (χ1) is 6.66. The molecule has 4 heteroatoms. The van der Waals surface area contributed by atoms with E-state index < -0.39 is 5.97 Å². The van der Waals surface area contributed by atoms with Crippen molar-refractivity contribution in [2.45, 2.75) is 32.6 Å². The number of carbonyl (C=O) groups excluding carboxylic acids is 2. The zero-order chi connectivity index (χ0) is 10.6. The van der Waals surface area contributed by atoms with E-state index in [4.69, 9.17) is 16.3 Å². The Morgan fingerprint density at radius 3 is 2.71 bits per heavy atom. The van der Waals surface area contributed by atoms with Crippen LogP contribution in [0.5, 0.6) is 0 Å². The van der Waals surface area contributed by atoms with Crippen LogP contribution in [0.3, 0.4) is 0 Å². The van der Waals surface area contributed by atoms with Crippen LogP contribution in [0.1, 0.15) is 32.6 Å². The number of hydrogen-bond acceptors (Lipinski definition) is 3. The molecule has 1 rings (SSSR count). The van der Waals surface area contributed by atoms with E-state index in [0.717, 1.165) is 12.8 Å². The van der Waals surface area contributed by atoms with Gasteiger partial charge >= 0.3 is 5.97 Å². The molecular weight excluding hydrogens is 204 g/mol. The van der Waals surface area contributed by atoms with Crippen molar-refractivity contribution in [3.8, 4) is 0 Å². The van der Waals surface area contributed by atoms with E-state index in [1.165, 1.54) is 0 Å². The predicted octanol–water partition coefficient (Wildman–Crippen LogP) is 2.19. The highest BCUT2D eigenvalue weighted by atomic mass is 35.5. The molecule has 0 aromatic carbocycles. The Kier molecular flexibility index (Phi) is 4.14. The second-order valence-electron chi connectivity index (χ2n) is 3.14. The van der Waals surface area contributed by atoms with Crippen LogP contribution in [0.4, 0.5) is 0 Å². The van der Waals surface area contributed by atoms with Gasteiger partial charge in [-0.15, -0.1) is 0 Å². The van der Waals surface area contributed by atoms with Gasteiger partial charge in [-0.2, -0.15) is 0 Å². The molecule has 0 atom stereocenters. The number of allylic oxidation sites excluding steroid dienone is 1. The lowest BCUT2D eigenvalue weighted by Crippen LogP contribution is -2.10. The van der Waals surface area contributed by atoms with Crippen molar-refractivity contribution >= 4 is 23.4 Å². The highest BCUT2D eigenvalue weighted by Gasteiger charge is 2.22. The molecule has 0 saturated carbocycles. The molecule has 0 N–H and O–H groups in total. The molecule has 0 heterocycles. The van der Waals surface area contributed by atoms with Crippen molar-refractivity contribution < 1.29 is 14.3 Å². The lowest BCUT2D eigenvalue weighted by atomic mass is 10.1. The Labute approximate surface area is 88.1 Å². The summed E-state index contributed by atoms with van der Waals surface area (Å²) in [6.45, 7) is 2.03. The molecule has 0 radical (unpaired) electrons. The number of Topliss-reactive ketones (excluding diaryl/α,β-unsaturated/α-hetero) is 1. The van der Waals surface area contributed by atoms with Gasteiger partial charge in [-0.1, -0.05) is 11.6 Å². The summed E-state index contributed by atoms with van der Waals surface area (Å²) in [4.78, 5) is 22.7. The lowest BCUT2D eigenvalue weighted by molar-refractivity contribution is -0.138. The van der Waals surface area contributed by atoms with E-state index in [0.29, 0.717) is 25.0 Å². The van der Waals surface area contributed by atoms with Gasteiger partial charge in [0.25, 0.3) is 0 Å². The van der Waals surface area contributed by atoms with Gasteiger partial charge in [-0.05, 0) is 26.2 Å². The molecule has 78 valence electrons. The van der Waals surface area contributed by atoms with Crippen molar-refractivity contribution in [3.05, 3.63) is 10.6 Å². The second kappa shape index (κ2) is 5.15. The monoisotopic (exact) mass is 216 g/mol. The van der Waals surface area contributed by atoms with Crippen LogP contribution in [0.15, 0.2) is 10.6 Å². The number of hydrogen-bond donors (Lipinski definition) is 0. The number of halogens is 1. The van der Waals surface area contributed by atoms with Gasteiger partial charge in [0.2, 0.25) is 0 Å². The van der Waals surface area contributed by atoms with Crippen molar-refractivity contribution in [2.24, 2.45) is 0 Å². The summed E-state index contributed by atoms with van der Waals surface area (Å²) < 4.78 is 4.82. The standard InChI is InChI=1S/C10H13ClO3/c1-2-14-10(13)7-5-3-4-6-8(12)9(7)11/h2-6H2,1H3. The maximum absolute atomic E-state index is 11.4. The fourth-order valence-corrected chi connectivity index (χ4v) is 1.65. The molecule has 0 aliphatic heterocycles. The van der Waals surface area contributed by atoms with E-state index in [2.05, 4.69) is 0 Å². The first-order valence-electron chi connectivity index (χ1n) is 4.75. The van der Waals surface area contributed by atoms with Crippen LogP contribution in [0, 0.1) is 0 Å². The van der Waals surface area contributed by atoms with Crippen LogP contribution in [-0.2, 0) is 14.3 Å². The highest BCUT2D eigenvalue weighted by molar-refractivity contribution is 6.44. The molecule has 0 fully saturated rings. The van der Waals surface area contributed by atoms with Gasteiger partial charge in [-0.3, -0.25) is 4.79 Å². The van der Waals surface area contributed by atoms with Crippen molar-refractivity contribution in [3.63, 3.8) is 0 Å². The molecule has 0 unspecified atom stereocenters. The summed E-state index contributed by atoms with van der Waals surface area (Å²) in [7, 11) is 0. The molecule has 0 saturated heterocycles. The van der Waals surface area contributed by atoms with Crippen LogP contribution in [0.25, 0.3) is 0 Å². The van der Waals surface area contributed by atoms with Crippen LogP contribution >= 0.6 is 11.6 Å². The first-order valence-corrected chi connectivity index (χ1v) is 5.13. The molecule has 1 aliphatic rings. The first kappa shape index (κ1) is 11.2. The number of ether oxygens (including phenoxy) is 1. The number of ketones is 1. The van der Waals surface area contributed by atoms with Crippen LogP contribution < -0.4 is 0 Å². The molecule has 0 amide bonds.